The zero-order chi connectivity index (χ0) is 12.3. The number of aromatic nitrogens is 1. The van der Waals surface area contributed by atoms with E-state index in [-0.39, 0.29) is 18.9 Å². The van der Waals surface area contributed by atoms with E-state index < -0.39 is 6.10 Å². The minimum Gasteiger partial charge on any atom is -0.392 e. The lowest BCUT2D eigenvalue weighted by Gasteiger charge is -2.05. The molecule has 1 aromatic heterocycles. The Labute approximate surface area is 98.4 Å². The van der Waals surface area contributed by atoms with Crippen molar-refractivity contribution in [1.29, 1.82) is 0 Å². The van der Waals surface area contributed by atoms with Gasteiger partial charge in [-0.05, 0) is 19.1 Å². The Bertz CT molecular complexity index is 519. The van der Waals surface area contributed by atoms with Crippen LogP contribution in [0.25, 0.3) is 11.0 Å². The number of rotatable bonds is 4. The Kier molecular flexibility index (Phi) is 3.39. The van der Waals surface area contributed by atoms with Gasteiger partial charge in [0.2, 0.25) is 5.91 Å². The van der Waals surface area contributed by atoms with Crippen molar-refractivity contribution in [2.24, 2.45) is 0 Å². The summed E-state index contributed by atoms with van der Waals surface area (Å²) in [6.45, 7) is 1.86. The lowest BCUT2D eigenvalue weighted by atomic mass is 10.1. The van der Waals surface area contributed by atoms with Gasteiger partial charge in [0.15, 0.2) is 5.58 Å². The van der Waals surface area contributed by atoms with Crippen molar-refractivity contribution in [2.45, 2.75) is 19.4 Å². The first kappa shape index (κ1) is 11.6. The topological polar surface area (TPSA) is 75.4 Å². The standard InChI is InChI=1S/C12H14N2O3/c1-8(15)7-13-12(16)6-10-9-4-2-3-5-11(9)17-14-10/h2-5,8,15H,6-7H2,1H3,(H,13,16)/t8-/m1/s1. The summed E-state index contributed by atoms with van der Waals surface area (Å²) >= 11 is 0. The zero-order valence-electron chi connectivity index (χ0n) is 9.51. The monoisotopic (exact) mass is 234 g/mol. The molecule has 0 aliphatic heterocycles. The van der Waals surface area contributed by atoms with Crippen molar-refractivity contribution in [1.82, 2.24) is 10.5 Å². The molecule has 5 heteroatoms. The van der Waals surface area contributed by atoms with Crippen molar-refractivity contribution in [3.05, 3.63) is 30.0 Å². The second-order valence-electron chi connectivity index (χ2n) is 3.96. The molecule has 0 spiro atoms. The molecule has 0 saturated heterocycles. The van der Waals surface area contributed by atoms with Gasteiger partial charge in [0.1, 0.15) is 5.69 Å². The second kappa shape index (κ2) is 4.97. The van der Waals surface area contributed by atoms with Crippen molar-refractivity contribution >= 4 is 16.9 Å². The Hall–Kier alpha value is -1.88. The molecule has 1 aromatic carbocycles. The van der Waals surface area contributed by atoms with Crippen LogP contribution in [0.2, 0.25) is 0 Å². The number of carbonyl (C=O) groups excluding carboxylic acids is 1. The van der Waals surface area contributed by atoms with Crippen molar-refractivity contribution in [3.8, 4) is 0 Å². The van der Waals surface area contributed by atoms with Gasteiger partial charge < -0.3 is 14.9 Å². The van der Waals surface area contributed by atoms with Gasteiger partial charge in [-0.25, -0.2) is 0 Å². The summed E-state index contributed by atoms with van der Waals surface area (Å²) in [5.41, 5.74) is 1.29. The van der Waals surface area contributed by atoms with Gasteiger partial charge in [-0.2, -0.15) is 0 Å². The van der Waals surface area contributed by atoms with Gasteiger partial charge in [-0.15, -0.1) is 0 Å². The molecular weight excluding hydrogens is 220 g/mol. The summed E-state index contributed by atoms with van der Waals surface area (Å²) < 4.78 is 5.10. The van der Waals surface area contributed by atoms with Crippen molar-refractivity contribution < 1.29 is 14.4 Å². The van der Waals surface area contributed by atoms with Crippen LogP contribution < -0.4 is 5.32 Å². The molecule has 90 valence electrons. The molecule has 0 fully saturated rings. The van der Waals surface area contributed by atoms with Gasteiger partial charge in [0.25, 0.3) is 0 Å². The van der Waals surface area contributed by atoms with Crippen LogP contribution in [0.3, 0.4) is 0 Å². The molecule has 0 unspecified atom stereocenters. The number of hydrogen-bond donors (Lipinski definition) is 2. The molecule has 0 saturated carbocycles. The van der Waals surface area contributed by atoms with Gasteiger partial charge in [0, 0.05) is 11.9 Å². The normalized spacial score (nSPS) is 12.6. The molecule has 1 atom stereocenters. The number of para-hydroxylation sites is 1. The van der Waals surface area contributed by atoms with Gasteiger partial charge >= 0.3 is 0 Å². The third-order valence-corrected chi connectivity index (χ3v) is 2.37. The fourth-order valence-electron chi connectivity index (χ4n) is 1.54. The third kappa shape index (κ3) is 2.82. The quantitative estimate of drug-likeness (QED) is 0.823. The van der Waals surface area contributed by atoms with Crippen LogP contribution in [0.1, 0.15) is 12.6 Å². The van der Waals surface area contributed by atoms with Crippen molar-refractivity contribution in [3.63, 3.8) is 0 Å². The van der Waals surface area contributed by atoms with Gasteiger partial charge in [0.05, 0.1) is 12.5 Å². The lowest BCUT2D eigenvalue weighted by Crippen LogP contribution is -2.31. The summed E-state index contributed by atoms with van der Waals surface area (Å²) in [6.07, 6.45) is -0.392. The van der Waals surface area contributed by atoms with E-state index >= 15 is 0 Å². The average Bonchev–Trinajstić information content (AvgIpc) is 2.70. The minimum atomic E-state index is -0.548. The number of fused-ring (bicyclic) bond motifs is 1. The maximum absolute atomic E-state index is 11.6. The van der Waals surface area contributed by atoms with E-state index in [1.807, 2.05) is 18.2 Å². The van der Waals surface area contributed by atoms with Crippen LogP contribution in [0, 0.1) is 0 Å². The van der Waals surface area contributed by atoms with Gasteiger partial charge in [-0.1, -0.05) is 17.3 Å². The predicted octanol–water partition coefficient (Wildman–Crippen LogP) is 0.867. The smallest absolute Gasteiger partial charge is 0.226 e. The van der Waals surface area contributed by atoms with E-state index in [0.29, 0.717) is 11.3 Å². The molecule has 0 aliphatic carbocycles. The molecule has 2 aromatic rings. The summed E-state index contributed by atoms with van der Waals surface area (Å²) in [5, 5.41) is 16.4. The zero-order valence-corrected chi connectivity index (χ0v) is 9.51. The molecular formula is C12H14N2O3. The van der Waals surface area contributed by atoms with E-state index in [4.69, 9.17) is 9.63 Å². The minimum absolute atomic E-state index is 0.156. The molecule has 2 N–H and O–H groups in total. The molecule has 5 nitrogen and oxygen atoms in total. The van der Waals surface area contributed by atoms with Crippen LogP contribution in [0.4, 0.5) is 0 Å². The Morgan fingerprint density at radius 2 is 2.29 bits per heavy atom. The number of hydrogen-bond acceptors (Lipinski definition) is 4. The molecule has 1 heterocycles. The number of nitrogens with zero attached hydrogens (tertiary/aromatic N) is 1. The Balaban J connectivity index is 2.06. The number of carbonyl (C=O) groups is 1. The Morgan fingerprint density at radius 3 is 3.06 bits per heavy atom. The number of amides is 1. The highest BCUT2D eigenvalue weighted by Crippen LogP contribution is 2.17. The molecule has 1 amide bonds. The largest absolute Gasteiger partial charge is 0.392 e. The Morgan fingerprint density at radius 1 is 1.53 bits per heavy atom. The van der Waals surface area contributed by atoms with Crippen LogP contribution in [0.15, 0.2) is 28.8 Å². The summed E-state index contributed by atoms with van der Waals surface area (Å²) in [5.74, 6) is -0.176. The van der Waals surface area contributed by atoms with Crippen LogP contribution in [0.5, 0.6) is 0 Å². The number of aliphatic hydroxyl groups excluding tert-OH is 1. The van der Waals surface area contributed by atoms with Gasteiger partial charge in [-0.3, -0.25) is 4.79 Å². The lowest BCUT2D eigenvalue weighted by molar-refractivity contribution is -0.120. The highest BCUT2D eigenvalue weighted by Gasteiger charge is 2.11. The third-order valence-electron chi connectivity index (χ3n) is 2.37. The maximum Gasteiger partial charge on any atom is 0.226 e. The number of benzene rings is 1. The second-order valence-corrected chi connectivity index (χ2v) is 3.96. The van der Waals surface area contributed by atoms with Crippen LogP contribution in [-0.4, -0.2) is 28.8 Å². The SMILES string of the molecule is C[C@@H](O)CNC(=O)Cc1noc2ccccc12. The molecule has 17 heavy (non-hydrogen) atoms. The first-order valence-electron chi connectivity index (χ1n) is 5.45. The average molecular weight is 234 g/mol. The van der Waals surface area contributed by atoms with E-state index in [1.54, 1.807) is 13.0 Å². The predicted molar refractivity (Wildman–Crippen MR) is 62.4 cm³/mol. The van der Waals surface area contributed by atoms with E-state index in [9.17, 15) is 4.79 Å². The maximum atomic E-state index is 11.6. The highest BCUT2D eigenvalue weighted by molar-refractivity contribution is 5.86. The van der Waals surface area contributed by atoms with Crippen molar-refractivity contribution in [2.75, 3.05) is 6.54 Å². The van der Waals surface area contributed by atoms with Crippen LogP contribution >= 0.6 is 0 Å². The van der Waals surface area contributed by atoms with E-state index in [2.05, 4.69) is 10.5 Å². The first-order chi connectivity index (χ1) is 8.16. The molecule has 2 rings (SSSR count). The fraction of sp³-hybridized carbons (Fsp3) is 0.333. The first-order valence-corrected chi connectivity index (χ1v) is 5.45. The van der Waals surface area contributed by atoms with Crippen LogP contribution in [-0.2, 0) is 11.2 Å². The van der Waals surface area contributed by atoms with E-state index in [0.717, 1.165) is 5.39 Å². The van der Waals surface area contributed by atoms with E-state index in [1.165, 1.54) is 0 Å². The summed E-state index contributed by atoms with van der Waals surface area (Å²) in [4.78, 5) is 11.6. The molecule has 0 radical (unpaired) electrons. The molecule has 0 bridgehead atoms. The highest BCUT2D eigenvalue weighted by atomic mass is 16.5. The number of aliphatic hydroxyl groups is 1. The molecule has 0 aliphatic rings. The summed E-state index contributed by atoms with van der Waals surface area (Å²) in [7, 11) is 0. The fourth-order valence-corrected chi connectivity index (χ4v) is 1.54. The number of nitrogens with one attached hydrogen (secondary N) is 1. The summed E-state index contributed by atoms with van der Waals surface area (Å²) in [6, 6.07) is 7.39.